The van der Waals surface area contributed by atoms with Gasteiger partial charge in [-0.25, -0.2) is 9.07 Å². The molecule has 4 aromatic rings. The van der Waals surface area contributed by atoms with Crippen molar-refractivity contribution in [2.75, 3.05) is 6.61 Å². The van der Waals surface area contributed by atoms with Crippen molar-refractivity contribution in [2.24, 2.45) is 0 Å². The maximum Gasteiger partial charge on any atom is 0.150 e. The topological polar surface area (TPSA) is 63.1 Å². The lowest BCUT2D eigenvalue weighted by Gasteiger charge is -2.24. The Hall–Kier alpha value is -3.22. The summed E-state index contributed by atoms with van der Waals surface area (Å²) in [7, 11) is 0. The van der Waals surface area contributed by atoms with Crippen LogP contribution in [0.15, 0.2) is 61.4 Å². The summed E-state index contributed by atoms with van der Waals surface area (Å²) in [5.41, 5.74) is 3.90. The zero-order valence-corrected chi connectivity index (χ0v) is 17.1. The third-order valence-electron chi connectivity index (χ3n) is 5.96. The lowest BCUT2D eigenvalue weighted by atomic mass is 9.92. The molecule has 2 unspecified atom stereocenters. The molecule has 2 atom stereocenters. The number of rotatable bonds is 5. The molecule has 1 saturated heterocycles. The SMILES string of the molecule is C=Cc1c(C(O)c2cccc(-c3ccnn3C3CCCCO3)c2)c(F)cc2[nH]ccc12. The monoisotopic (exact) mass is 417 g/mol. The van der Waals surface area contributed by atoms with Gasteiger partial charge in [-0.2, -0.15) is 5.10 Å². The molecule has 2 aromatic carbocycles. The van der Waals surface area contributed by atoms with Crippen molar-refractivity contribution in [3.05, 3.63) is 83.9 Å². The van der Waals surface area contributed by atoms with Gasteiger partial charge in [0.15, 0.2) is 6.23 Å². The number of ether oxygens (including phenoxy) is 1. The smallest absolute Gasteiger partial charge is 0.150 e. The number of nitrogens with zero attached hydrogens (tertiary/aromatic N) is 2. The predicted molar refractivity (Wildman–Crippen MR) is 119 cm³/mol. The summed E-state index contributed by atoms with van der Waals surface area (Å²) in [6.07, 6.45) is 6.97. The number of aromatic amines is 1. The molecule has 0 saturated carbocycles. The molecule has 5 rings (SSSR count). The van der Waals surface area contributed by atoms with Crippen LogP contribution in [-0.2, 0) is 4.74 Å². The van der Waals surface area contributed by atoms with Crippen LogP contribution in [0.4, 0.5) is 4.39 Å². The fourth-order valence-corrected chi connectivity index (χ4v) is 4.44. The minimum absolute atomic E-state index is 0.0897. The molecular weight excluding hydrogens is 393 g/mol. The molecule has 0 aliphatic carbocycles. The molecule has 0 radical (unpaired) electrons. The van der Waals surface area contributed by atoms with E-state index in [0.717, 1.165) is 42.5 Å². The number of fused-ring (bicyclic) bond motifs is 1. The standard InChI is InChI=1S/C25H24FN3O2/c1-2-18-19-9-11-27-21(19)15-20(26)24(18)25(30)17-7-5-6-16(14-17)22-10-12-28-29(22)23-8-3-4-13-31-23/h2,5-7,9-12,14-15,23,25,27,30H,1,3-4,8,13H2. The van der Waals surface area contributed by atoms with Crippen molar-refractivity contribution in [1.29, 1.82) is 0 Å². The van der Waals surface area contributed by atoms with Crippen LogP contribution in [0.1, 0.15) is 48.3 Å². The third kappa shape index (κ3) is 3.48. The maximum atomic E-state index is 15.0. The zero-order valence-electron chi connectivity index (χ0n) is 17.1. The van der Waals surface area contributed by atoms with Gasteiger partial charge >= 0.3 is 0 Å². The highest BCUT2D eigenvalue weighted by atomic mass is 19.1. The van der Waals surface area contributed by atoms with Crippen LogP contribution in [0.3, 0.4) is 0 Å². The van der Waals surface area contributed by atoms with Crippen molar-refractivity contribution in [3.8, 4) is 11.3 Å². The quantitative estimate of drug-likeness (QED) is 0.445. The first-order valence-corrected chi connectivity index (χ1v) is 10.5. The molecule has 2 aromatic heterocycles. The van der Waals surface area contributed by atoms with Gasteiger partial charge in [0, 0.05) is 41.0 Å². The number of hydrogen-bond acceptors (Lipinski definition) is 3. The third-order valence-corrected chi connectivity index (χ3v) is 5.96. The first-order valence-electron chi connectivity index (χ1n) is 10.5. The Morgan fingerprint density at radius 3 is 2.97 bits per heavy atom. The summed E-state index contributed by atoms with van der Waals surface area (Å²) in [4.78, 5) is 3.02. The summed E-state index contributed by atoms with van der Waals surface area (Å²) in [6.45, 7) is 4.57. The Morgan fingerprint density at radius 1 is 1.26 bits per heavy atom. The fraction of sp³-hybridized carbons (Fsp3) is 0.240. The molecule has 0 amide bonds. The number of H-pyrrole nitrogens is 1. The molecule has 6 heteroatoms. The van der Waals surface area contributed by atoms with E-state index in [1.807, 2.05) is 35.0 Å². The van der Waals surface area contributed by atoms with Gasteiger partial charge in [-0.3, -0.25) is 0 Å². The fourth-order valence-electron chi connectivity index (χ4n) is 4.44. The lowest BCUT2D eigenvalue weighted by molar-refractivity contribution is -0.0383. The van der Waals surface area contributed by atoms with Crippen molar-refractivity contribution in [3.63, 3.8) is 0 Å². The highest BCUT2D eigenvalue weighted by molar-refractivity contribution is 5.90. The van der Waals surface area contributed by atoms with Crippen LogP contribution in [0, 0.1) is 5.82 Å². The minimum Gasteiger partial charge on any atom is -0.384 e. The van der Waals surface area contributed by atoms with E-state index in [0.29, 0.717) is 16.6 Å². The van der Waals surface area contributed by atoms with Crippen molar-refractivity contribution >= 4 is 17.0 Å². The Balaban J connectivity index is 1.55. The molecule has 1 aliphatic rings. The van der Waals surface area contributed by atoms with Gasteiger partial charge in [-0.05, 0) is 54.7 Å². The van der Waals surface area contributed by atoms with E-state index in [1.165, 1.54) is 6.07 Å². The van der Waals surface area contributed by atoms with E-state index < -0.39 is 11.9 Å². The van der Waals surface area contributed by atoms with Crippen LogP contribution >= 0.6 is 0 Å². The van der Waals surface area contributed by atoms with Gasteiger partial charge in [-0.1, -0.05) is 30.9 Å². The molecule has 31 heavy (non-hydrogen) atoms. The Bertz CT molecular complexity index is 1240. The van der Waals surface area contributed by atoms with Gasteiger partial charge in [0.25, 0.3) is 0 Å². The number of aromatic nitrogens is 3. The Morgan fingerprint density at radius 2 is 2.16 bits per heavy atom. The summed E-state index contributed by atoms with van der Waals surface area (Å²) in [5, 5.41) is 16.5. The number of halogens is 1. The molecular formula is C25H24FN3O2. The summed E-state index contributed by atoms with van der Waals surface area (Å²) in [6, 6.07) is 12.7. The van der Waals surface area contributed by atoms with Crippen molar-refractivity contribution < 1.29 is 14.2 Å². The summed E-state index contributed by atoms with van der Waals surface area (Å²) < 4.78 is 22.8. The van der Waals surface area contributed by atoms with E-state index in [1.54, 1.807) is 24.5 Å². The number of benzene rings is 2. The Labute approximate surface area is 179 Å². The minimum atomic E-state index is -1.13. The van der Waals surface area contributed by atoms with E-state index in [2.05, 4.69) is 16.7 Å². The molecule has 5 nitrogen and oxygen atoms in total. The average Bonchev–Trinajstić information content (AvgIpc) is 3.48. The Kier molecular flexibility index (Phi) is 5.18. The summed E-state index contributed by atoms with van der Waals surface area (Å²) >= 11 is 0. The van der Waals surface area contributed by atoms with Gasteiger partial charge in [0.2, 0.25) is 0 Å². The van der Waals surface area contributed by atoms with Gasteiger partial charge in [-0.15, -0.1) is 0 Å². The van der Waals surface area contributed by atoms with Crippen LogP contribution in [0.5, 0.6) is 0 Å². The normalized spacial score (nSPS) is 17.7. The molecule has 3 heterocycles. The predicted octanol–water partition coefficient (Wildman–Crippen LogP) is 5.59. The number of aliphatic hydroxyl groups excluding tert-OH is 1. The summed E-state index contributed by atoms with van der Waals surface area (Å²) in [5.74, 6) is -0.469. The number of nitrogens with one attached hydrogen (secondary N) is 1. The first kappa shape index (κ1) is 19.7. The maximum absolute atomic E-state index is 15.0. The molecule has 2 N–H and O–H groups in total. The van der Waals surface area contributed by atoms with Gasteiger partial charge in [0.05, 0.1) is 5.69 Å². The van der Waals surface area contributed by atoms with E-state index in [9.17, 15) is 5.11 Å². The molecule has 158 valence electrons. The average molecular weight is 417 g/mol. The zero-order chi connectivity index (χ0) is 21.4. The van der Waals surface area contributed by atoms with Gasteiger partial charge in [0.1, 0.15) is 11.9 Å². The van der Waals surface area contributed by atoms with Crippen LogP contribution in [0.2, 0.25) is 0 Å². The second kappa shape index (κ2) is 8.13. The number of hydrogen-bond donors (Lipinski definition) is 2. The molecule has 1 aliphatic heterocycles. The van der Waals surface area contributed by atoms with E-state index in [-0.39, 0.29) is 11.8 Å². The molecule has 1 fully saturated rings. The lowest BCUT2D eigenvalue weighted by Crippen LogP contribution is -2.19. The highest BCUT2D eigenvalue weighted by Crippen LogP contribution is 2.35. The second-order valence-electron chi connectivity index (χ2n) is 7.84. The molecule has 0 spiro atoms. The number of aliphatic hydroxyl groups is 1. The molecule has 0 bridgehead atoms. The highest BCUT2D eigenvalue weighted by Gasteiger charge is 2.23. The first-order chi connectivity index (χ1) is 15.2. The second-order valence-corrected chi connectivity index (χ2v) is 7.84. The van der Waals surface area contributed by atoms with E-state index >= 15 is 4.39 Å². The van der Waals surface area contributed by atoms with Gasteiger partial charge < -0.3 is 14.8 Å². The largest absolute Gasteiger partial charge is 0.384 e. The van der Waals surface area contributed by atoms with Crippen molar-refractivity contribution in [1.82, 2.24) is 14.8 Å². The van der Waals surface area contributed by atoms with E-state index in [4.69, 9.17) is 4.74 Å². The van der Waals surface area contributed by atoms with Crippen LogP contribution < -0.4 is 0 Å². The van der Waals surface area contributed by atoms with Crippen molar-refractivity contribution in [2.45, 2.75) is 31.6 Å². The van der Waals surface area contributed by atoms with Crippen LogP contribution in [-0.4, -0.2) is 26.5 Å². The van der Waals surface area contributed by atoms with Crippen LogP contribution in [0.25, 0.3) is 28.2 Å².